The molecular formula is C9H14N6. The maximum atomic E-state index is 5.87. The van der Waals surface area contributed by atoms with Crippen molar-refractivity contribution < 1.29 is 0 Å². The van der Waals surface area contributed by atoms with Gasteiger partial charge in [-0.1, -0.05) is 6.58 Å². The van der Waals surface area contributed by atoms with Gasteiger partial charge in [-0.15, -0.1) is 0 Å². The lowest BCUT2D eigenvalue weighted by molar-refractivity contribution is 1.17. The molecule has 0 spiro atoms. The van der Waals surface area contributed by atoms with Crippen LogP contribution in [-0.2, 0) is 0 Å². The molecule has 9 N–H and O–H groups in total. The third-order valence-electron chi connectivity index (χ3n) is 2.64. The zero-order valence-electron chi connectivity index (χ0n) is 8.46. The number of benzene rings is 1. The molecule has 0 saturated heterocycles. The van der Waals surface area contributed by atoms with Gasteiger partial charge >= 0.3 is 0 Å². The van der Waals surface area contributed by atoms with E-state index in [2.05, 4.69) is 11.9 Å². The number of hydrogen-bond donors (Lipinski definition) is 5. The monoisotopic (exact) mass is 206 g/mol. The van der Waals surface area contributed by atoms with Crippen LogP contribution in [0, 0.1) is 0 Å². The molecule has 0 amide bonds. The average molecular weight is 206 g/mol. The summed E-state index contributed by atoms with van der Waals surface area (Å²) >= 11 is 0. The minimum absolute atomic E-state index is 0.307. The third-order valence-corrected chi connectivity index (χ3v) is 2.64. The Hall–Kier alpha value is -2.24. The van der Waals surface area contributed by atoms with Gasteiger partial charge in [0.05, 0.1) is 34.1 Å². The second-order valence-corrected chi connectivity index (χ2v) is 3.51. The van der Waals surface area contributed by atoms with E-state index < -0.39 is 0 Å². The summed E-state index contributed by atoms with van der Waals surface area (Å²) < 4.78 is 0. The Bertz CT molecular complexity index is 464. The maximum absolute atomic E-state index is 5.87. The first-order chi connectivity index (χ1) is 6.95. The van der Waals surface area contributed by atoms with Crippen LogP contribution in [0.2, 0.25) is 0 Å². The smallest absolute Gasteiger partial charge is 0.103 e. The third kappa shape index (κ3) is 0.983. The van der Waals surface area contributed by atoms with Gasteiger partial charge in [-0.2, -0.15) is 0 Å². The van der Waals surface area contributed by atoms with Crippen LogP contribution in [0.1, 0.15) is 0 Å². The van der Waals surface area contributed by atoms with E-state index in [0.29, 0.717) is 34.3 Å². The quantitative estimate of drug-likeness (QED) is 0.391. The fourth-order valence-electron chi connectivity index (χ4n) is 1.65. The fourth-order valence-corrected chi connectivity index (χ4v) is 1.65. The van der Waals surface area contributed by atoms with Crippen LogP contribution in [0.4, 0.5) is 34.1 Å². The van der Waals surface area contributed by atoms with Gasteiger partial charge in [0, 0.05) is 7.05 Å². The topological polar surface area (TPSA) is 119 Å². The van der Waals surface area contributed by atoms with E-state index in [1.165, 1.54) is 0 Å². The molecule has 15 heavy (non-hydrogen) atoms. The molecule has 80 valence electrons. The molecule has 1 aromatic rings. The maximum Gasteiger partial charge on any atom is 0.103 e. The molecule has 1 aromatic carbocycles. The molecular weight excluding hydrogens is 192 g/mol. The number of fused-ring (bicyclic) bond motifs is 1. The van der Waals surface area contributed by atoms with Gasteiger partial charge in [-0.25, -0.2) is 0 Å². The normalized spacial score (nSPS) is 13.9. The number of nitrogens with one attached hydrogen (secondary N) is 1. The SMILES string of the molecule is C=C1Nc2c(N)c(N)c(N)c(N)c2N1C. The molecule has 0 atom stereocenters. The predicted molar refractivity (Wildman–Crippen MR) is 65.3 cm³/mol. The average Bonchev–Trinajstić information content (AvgIpc) is 2.50. The predicted octanol–water partition coefficient (Wildman–Crippen LogP) is 0.348. The lowest BCUT2D eigenvalue weighted by atomic mass is 10.1. The van der Waals surface area contributed by atoms with Crippen molar-refractivity contribution in [2.75, 3.05) is 40.2 Å². The van der Waals surface area contributed by atoms with Crippen molar-refractivity contribution >= 4 is 34.1 Å². The van der Waals surface area contributed by atoms with Crippen LogP contribution in [-0.4, -0.2) is 7.05 Å². The van der Waals surface area contributed by atoms with Crippen LogP contribution >= 0.6 is 0 Å². The minimum atomic E-state index is 0.307. The molecule has 0 bridgehead atoms. The molecule has 1 aliphatic heterocycles. The highest BCUT2D eigenvalue weighted by atomic mass is 15.3. The largest absolute Gasteiger partial charge is 0.395 e. The van der Waals surface area contributed by atoms with E-state index in [1.807, 2.05) is 7.05 Å². The van der Waals surface area contributed by atoms with Gasteiger partial charge in [-0.3, -0.25) is 0 Å². The lowest BCUT2D eigenvalue weighted by Gasteiger charge is -2.17. The van der Waals surface area contributed by atoms with Crippen LogP contribution < -0.4 is 33.2 Å². The summed E-state index contributed by atoms with van der Waals surface area (Å²) in [5.74, 6) is 0.688. The molecule has 1 heterocycles. The van der Waals surface area contributed by atoms with Crippen molar-refractivity contribution in [2.24, 2.45) is 0 Å². The Labute approximate surface area is 87.5 Å². The first-order valence-electron chi connectivity index (χ1n) is 4.40. The Morgan fingerprint density at radius 2 is 1.53 bits per heavy atom. The summed E-state index contributed by atoms with van der Waals surface area (Å²) in [6.45, 7) is 3.81. The lowest BCUT2D eigenvalue weighted by Crippen LogP contribution is -2.14. The minimum Gasteiger partial charge on any atom is -0.395 e. The summed E-state index contributed by atoms with van der Waals surface area (Å²) in [6, 6.07) is 0. The van der Waals surface area contributed by atoms with E-state index in [0.717, 1.165) is 5.69 Å². The summed E-state index contributed by atoms with van der Waals surface area (Å²) in [7, 11) is 1.83. The number of hydrogen-bond acceptors (Lipinski definition) is 6. The van der Waals surface area contributed by atoms with Crippen molar-refractivity contribution in [3.05, 3.63) is 12.4 Å². The molecule has 2 rings (SSSR count). The fraction of sp³-hybridized carbons (Fsp3) is 0.111. The van der Waals surface area contributed by atoms with Gasteiger partial charge < -0.3 is 33.2 Å². The van der Waals surface area contributed by atoms with Gasteiger partial charge in [-0.05, 0) is 0 Å². The number of nitrogens with zero attached hydrogens (tertiary/aromatic N) is 1. The van der Waals surface area contributed by atoms with Crippen LogP contribution in [0.5, 0.6) is 0 Å². The van der Waals surface area contributed by atoms with E-state index in [4.69, 9.17) is 22.9 Å². The van der Waals surface area contributed by atoms with Gasteiger partial charge in [0.25, 0.3) is 0 Å². The van der Waals surface area contributed by atoms with E-state index in [1.54, 1.807) is 4.90 Å². The van der Waals surface area contributed by atoms with E-state index in [-0.39, 0.29) is 0 Å². The van der Waals surface area contributed by atoms with Gasteiger partial charge in [0.1, 0.15) is 5.82 Å². The molecule has 0 unspecified atom stereocenters. The van der Waals surface area contributed by atoms with Gasteiger partial charge in [0.2, 0.25) is 0 Å². The second-order valence-electron chi connectivity index (χ2n) is 3.51. The van der Waals surface area contributed by atoms with Crippen LogP contribution in [0.25, 0.3) is 0 Å². The van der Waals surface area contributed by atoms with Gasteiger partial charge in [0.15, 0.2) is 0 Å². The van der Waals surface area contributed by atoms with Crippen molar-refractivity contribution in [2.45, 2.75) is 0 Å². The summed E-state index contributed by atoms with van der Waals surface area (Å²) in [6.07, 6.45) is 0. The second kappa shape index (κ2) is 2.63. The van der Waals surface area contributed by atoms with E-state index in [9.17, 15) is 0 Å². The van der Waals surface area contributed by atoms with Crippen molar-refractivity contribution in [1.82, 2.24) is 0 Å². The highest BCUT2D eigenvalue weighted by molar-refractivity contribution is 6.07. The van der Waals surface area contributed by atoms with Crippen LogP contribution in [0.3, 0.4) is 0 Å². The molecule has 0 radical (unpaired) electrons. The number of anilines is 6. The van der Waals surface area contributed by atoms with Crippen molar-refractivity contribution in [1.29, 1.82) is 0 Å². The summed E-state index contributed by atoms with van der Waals surface area (Å²) in [5, 5.41) is 3.02. The summed E-state index contributed by atoms with van der Waals surface area (Å²) in [5.41, 5.74) is 26.0. The highest BCUT2D eigenvalue weighted by Gasteiger charge is 2.27. The molecule has 0 aliphatic carbocycles. The standard InChI is InChI=1S/C9H14N6/c1-3-14-8-6(12)4(10)5(11)7(13)9(8)15(3)2/h14H,1,10-13H2,2H3. The zero-order valence-corrected chi connectivity index (χ0v) is 8.46. The molecule has 0 aromatic heterocycles. The number of rotatable bonds is 0. The van der Waals surface area contributed by atoms with Crippen molar-refractivity contribution in [3.8, 4) is 0 Å². The Balaban J connectivity index is 2.80. The zero-order chi connectivity index (χ0) is 11.3. The number of nitrogen functional groups attached to an aromatic ring is 4. The summed E-state index contributed by atoms with van der Waals surface area (Å²) in [4.78, 5) is 1.79. The number of nitrogens with two attached hydrogens (primary N) is 4. The Morgan fingerprint density at radius 3 is 2.13 bits per heavy atom. The molecule has 0 fully saturated rings. The Kier molecular flexibility index (Phi) is 1.63. The van der Waals surface area contributed by atoms with Crippen LogP contribution in [0.15, 0.2) is 12.4 Å². The molecule has 6 heteroatoms. The highest BCUT2D eigenvalue weighted by Crippen LogP contribution is 2.49. The first kappa shape index (κ1) is 9.32. The first-order valence-corrected chi connectivity index (χ1v) is 4.40. The van der Waals surface area contributed by atoms with Crippen molar-refractivity contribution in [3.63, 3.8) is 0 Å². The molecule has 1 aliphatic rings. The molecule has 0 saturated carbocycles. The Morgan fingerprint density at radius 1 is 1.00 bits per heavy atom. The molecule has 6 nitrogen and oxygen atoms in total. The van der Waals surface area contributed by atoms with E-state index >= 15 is 0 Å².